The van der Waals surface area contributed by atoms with E-state index in [1.54, 1.807) is 36.4 Å². The topological polar surface area (TPSA) is 94.9 Å². The molecule has 1 aromatic heterocycles. The van der Waals surface area contributed by atoms with Crippen LogP contribution in [0.25, 0.3) is 17.1 Å². The Morgan fingerprint density at radius 3 is 2.52 bits per heavy atom. The first-order valence-electron chi connectivity index (χ1n) is 8.99. The van der Waals surface area contributed by atoms with Crippen LogP contribution in [0.15, 0.2) is 41.2 Å². The third kappa shape index (κ3) is 4.31. The third-order valence-corrected chi connectivity index (χ3v) is 5.21. The molecule has 29 heavy (non-hydrogen) atoms. The molecular weight excluding hydrogens is 413 g/mol. The molecule has 0 aliphatic heterocycles. The number of hydrogen-bond acceptors (Lipinski definition) is 4. The summed E-state index contributed by atoms with van der Waals surface area (Å²) >= 11 is 12.4. The Bertz CT molecular complexity index is 1130. The molecule has 0 aliphatic rings. The number of amides is 1. The summed E-state index contributed by atoms with van der Waals surface area (Å²) in [7, 11) is 0. The van der Waals surface area contributed by atoms with Crippen LogP contribution in [-0.4, -0.2) is 20.4 Å². The highest BCUT2D eigenvalue weighted by Crippen LogP contribution is 2.27. The monoisotopic (exact) mass is 433 g/mol. The summed E-state index contributed by atoms with van der Waals surface area (Å²) in [5.41, 5.74) is 2.13. The lowest BCUT2D eigenvalue weighted by Gasteiger charge is -2.10. The molecule has 9 heteroatoms. The quantitative estimate of drug-likeness (QED) is 0.603. The fourth-order valence-electron chi connectivity index (χ4n) is 2.74. The molecule has 2 aromatic carbocycles. The zero-order valence-corrected chi connectivity index (χ0v) is 17.8. The van der Waals surface area contributed by atoms with Crippen LogP contribution in [0.3, 0.4) is 0 Å². The van der Waals surface area contributed by atoms with E-state index in [9.17, 15) is 9.59 Å². The number of carbonyl (C=O) groups is 1. The summed E-state index contributed by atoms with van der Waals surface area (Å²) in [6.45, 7) is 5.80. The van der Waals surface area contributed by atoms with Crippen LogP contribution in [0.2, 0.25) is 10.0 Å². The van der Waals surface area contributed by atoms with Gasteiger partial charge in [0.25, 0.3) is 0 Å². The Morgan fingerprint density at radius 2 is 1.86 bits per heavy atom. The molecule has 0 aliphatic carbocycles. The molecule has 3 rings (SSSR count). The van der Waals surface area contributed by atoms with Crippen LogP contribution in [0.4, 0.5) is 0 Å². The average Bonchev–Trinajstić information content (AvgIpc) is 2.98. The summed E-state index contributed by atoms with van der Waals surface area (Å²) in [6.07, 6.45) is 0. The number of hydrogen-bond donors (Lipinski definition) is 2. The minimum Gasteiger partial charge on any atom is -0.352 e. The Labute approximate surface area is 178 Å². The average molecular weight is 434 g/mol. The van der Waals surface area contributed by atoms with Crippen molar-refractivity contribution in [3.8, 4) is 17.1 Å². The van der Waals surface area contributed by atoms with Crippen molar-refractivity contribution < 1.29 is 4.79 Å². The lowest BCUT2D eigenvalue weighted by Crippen LogP contribution is -2.29. The normalized spacial score (nSPS) is 11.1. The molecule has 0 unspecified atom stereocenters. The number of aryl methyl sites for hydroxylation is 1. The van der Waals surface area contributed by atoms with Crippen molar-refractivity contribution >= 4 is 29.1 Å². The van der Waals surface area contributed by atoms with Crippen LogP contribution >= 0.6 is 23.2 Å². The van der Waals surface area contributed by atoms with Crippen molar-refractivity contribution in [1.82, 2.24) is 19.8 Å². The summed E-state index contributed by atoms with van der Waals surface area (Å²) in [5.74, 6) is 6.03. The van der Waals surface area contributed by atoms with Gasteiger partial charge in [-0.15, -0.1) is 5.10 Å². The molecule has 0 fully saturated rings. The van der Waals surface area contributed by atoms with E-state index in [4.69, 9.17) is 29.0 Å². The zero-order valence-electron chi connectivity index (χ0n) is 16.2. The van der Waals surface area contributed by atoms with E-state index in [1.807, 2.05) is 20.8 Å². The molecule has 7 nitrogen and oxygen atoms in total. The summed E-state index contributed by atoms with van der Waals surface area (Å²) < 4.78 is 2.14. The molecule has 152 valence electrons. The number of nitrogens with zero attached hydrogens (tertiary/aromatic N) is 3. The van der Waals surface area contributed by atoms with Gasteiger partial charge in [0.2, 0.25) is 5.91 Å². The number of benzene rings is 2. The fourth-order valence-corrected chi connectivity index (χ4v) is 3.06. The number of nitrogens with two attached hydrogens (primary N) is 1. The largest absolute Gasteiger partial charge is 0.369 e. The molecule has 0 bridgehead atoms. The Morgan fingerprint density at radius 1 is 1.17 bits per heavy atom. The van der Waals surface area contributed by atoms with E-state index in [0.717, 1.165) is 15.8 Å². The molecule has 0 saturated heterocycles. The zero-order chi connectivity index (χ0) is 21.3. The highest BCUT2D eigenvalue weighted by atomic mass is 35.5. The van der Waals surface area contributed by atoms with Gasteiger partial charge in [0.15, 0.2) is 5.82 Å². The van der Waals surface area contributed by atoms with Gasteiger partial charge in [0, 0.05) is 23.0 Å². The molecule has 1 amide bonds. The van der Waals surface area contributed by atoms with Crippen molar-refractivity contribution in [2.45, 2.75) is 27.3 Å². The van der Waals surface area contributed by atoms with Gasteiger partial charge >= 0.3 is 5.69 Å². The first kappa shape index (κ1) is 21.0. The first-order chi connectivity index (χ1) is 13.7. The first-order valence-corrected chi connectivity index (χ1v) is 9.74. The van der Waals surface area contributed by atoms with Crippen molar-refractivity contribution in [3.63, 3.8) is 0 Å². The SMILES string of the molecule is Cc1cc(-n2nc(-c3cc(CNC(=O)C(C)C)ccc3Cl)n(N)c2=O)ccc1Cl. The van der Waals surface area contributed by atoms with E-state index in [0.29, 0.717) is 27.8 Å². The number of nitrogen functional groups attached to an aromatic ring is 1. The maximum Gasteiger partial charge on any atom is 0.369 e. The second-order valence-corrected chi connectivity index (χ2v) is 7.82. The maximum atomic E-state index is 12.7. The molecule has 3 aromatic rings. The second-order valence-electron chi connectivity index (χ2n) is 7.01. The van der Waals surface area contributed by atoms with Gasteiger partial charge in [-0.25, -0.2) is 4.79 Å². The van der Waals surface area contributed by atoms with Gasteiger partial charge in [0.05, 0.1) is 10.7 Å². The number of nitrogens with one attached hydrogen (secondary N) is 1. The molecule has 0 radical (unpaired) electrons. The second kappa shape index (κ2) is 8.31. The van der Waals surface area contributed by atoms with Crippen molar-refractivity contribution in [2.24, 2.45) is 5.92 Å². The van der Waals surface area contributed by atoms with Crippen LogP contribution in [0.1, 0.15) is 25.0 Å². The van der Waals surface area contributed by atoms with Gasteiger partial charge in [-0.05, 0) is 48.4 Å². The number of aromatic nitrogens is 3. The van der Waals surface area contributed by atoms with E-state index in [1.165, 1.54) is 4.68 Å². The van der Waals surface area contributed by atoms with Crippen molar-refractivity contribution in [3.05, 3.63) is 68.1 Å². The lowest BCUT2D eigenvalue weighted by molar-refractivity contribution is -0.124. The summed E-state index contributed by atoms with van der Waals surface area (Å²) in [6, 6.07) is 10.4. The Kier molecular flexibility index (Phi) is 6.00. The summed E-state index contributed by atoms with van der Waals surface area (Å²) in [5, 5.41) is 8.20. The van der Waals surface area contributed by atoms with Gasteiger partial charge in [-0.2, -0.15) is 9.36 Å². The highest BCUT2D eigenvalue weighted by Gasteiger charge is 2.18. The van der Waals surface area contributed by atoms with Gasteiger partial charge in [-0.1, -0.05) is 43.1 Å². The molecular formula is C20H21Cl2N5O2. The van der Waals surface area contributed by atoms with Crippen LogP contribution in [0.5, 0.6) is 0 Å². The fraction of sp³-hybridized carbons (Fsp3) is 0.250. The Balaban J connectivity index is 2.00. The molecule has 0 atom stereocenters. The van der Waals surface area contributed by atoms with Crippen molar-refractivity contribution in [1.29, 1.82) is 0 Å². The molecule has 3 N–H and O–H groups in total. The number of carbonyl (C=O) groups excluding carboxylic acids is 1. The molecule has 0 saturated carbocycles. The van der Waals surface area contributed by atoms with Crippen LogP contribution in [0, 0.1) is 12.8 Å². The van der Waals surface area contributed by atoms with Crippen LogP contribution in [-0.2, 0) is 11.3 Å². The Hall–Kier alpha value is -2.77. The predicted octanol–water partition coefficient (Wildman–Crippen LogP) is 3.30. The molecule has 0 spiro atoms. The number of halogens is 2. The highest BCUT2D eigenvalue weighted by molar-refractivity contribution is 6.33. The predicted molar refractivity (Wildman–Crippen MR) is 115 cm³/mol. The smallest absolute Gasteiger partial charge is 0.352 e. The van der Waals surface area contributed by atoms with E-state index < -0.39 is 5.69 Å². The van der Waals surface area contributed by atoms with E-state index in [2.05, 4.69) is 10.4 Å². The van der Waals surface area contributed by atoms with Crippen LogP contribution < -0.4 is 16.8 Å². The van der Waals surface area contributed by atoms with Crippen molar-refractivity contribution in [2.75, 3.05) is 5.84 Å². The minimum absolute atomic E-state index is 0.0559. The molecule has 1 heterocycles. The third-order valence-electron chi connectivity index (χ3n) is 4.46. The lowest BCUT2D eigenvalue weighted by atomic mass is 10.1. The van der Waals surface area contributed by atoms with Gasteiger partial charge in [0.1, 0.15) is 0 Å². The standard InChI is InChI=1S/C20H21Cl2N5O2/c1-11(2)19(28)24-10-13-4-6-17(22)15(9-13)18-25-27(20(29)26(18)23)14-5-7-16(21)12(3)8-14/h4-9,11H,10,23H2,1-3H3,(H,24,28). The number of rotatable bonds is 5. The van der Waals surface area contributed by atoms with Gasteiger partial charge in [-0.3, -0.25) is 4.79 Å². The summed E-state index contributed by atoms with van der Waals surface area (Å²) in [4.78, 5) is 24.5. The van der Waals surface area contributed by atoms with E-state index >= 15 is 0 Å². The van der Waals surface area contributed by atoms with Gasteiger partial charge < -0.3 is 11.2 Å². The maximum absolute atomic E-state index is 12.7. The minimum atomic E-state index is -0.517. The van der Waals surface area contributed by atoms with E-state index in [-0.39, 0.29) is 17.6 Å².